The van der Waals surface area contributed by atoms with Crippen molar-refractivity contribution in [1.29, 1.82) is 0 Å². The van der Waals surface area contributed by atoms with Crippen LogP contribution in [0.4, 0.5) is 19.0 Å². The molecular formula is C29H39F3N4O. The van der Waals surface area contributed by atoms with E-state index in [1.54, 1.807) is 0 Å². The van der Waals surface area contributed by atoms with Gasteiger partial charge in [-0.05, 0) is 56.7 Å². The second-order valence-corrected chi connectivity index (χ2v) is 11.1. The Labute approximate surface area is 218 Å². The van der Waals surface area contributed by atoms with Crippen LogP contribution in [0.15, 0.2) is 48.7 Å². The summed E-state index contributed by atoms with van der Waals surface area (Å²) in [6, 6.07) is 13.3. The number of aromatic nitrogens is 1. The number of anilines is 1. The number of hydrogen-bond acceptors (Lipinski definition) is 4. The van der Waals surface area contributed by atoms with E-state index in [2.05, 4.69) is 61.8 Å². The number of nitrogens with zero attached hydrogens (tertiary/aromatic N) is 4. The number of carbonyl (C=O) groups is 1. The summed E-state index contributed by atoms with van der Waals surface area (Å²) in [6.45, 7) is 11.6. The van der Waals surface area contributed by atoms with Crippen LogP contribution in [-0.2, 0) is 17.5 Å². The SMILES string of the molecule is CC(C)N(Cc1ccccc1)[C@@H]1CC[C@@](C(=O)N2CCN(c3cc(C(F)(F)F)ccn3)CC2)(C(C)C)C1. The summed E-state index contributed by atoms with van der Waals surface area (Å²) >= 11 is 0. The zero-order chi connectivity index (χ0) is 26.8. The second-order valence-electron chi connectivity index (χ2n) is 11.1. The Balaban J connectivity index is 1.44. The summed E-state index contributed by atoms with van der Waals surface area (Å²) in [5, 5.41) is 0. The third kappa shape index (κ3) is 5.95. The summed E-state index contributed by atoms with van der Waals surface area (Å²) in [4.78, 5) is 24.5. The molecule has 5 nitrogen and oxygen atoms in total. The number of amides is 1. The Bertz CT molecular complexity index is 1050. The van der Waals surface area contributed by atoms with Gasteiger partial charge in [-0.25, -0.2) is 4.98 Å². The van der Waals surface area contributed by atoms with Crippen molar-refractivity contribution in [2.45, 2.75) is 71.8 Å². The Morgan fingerprint density at radius 2 is 1.76 bits per heavy atom. The number of pyridine rings is 1. The molecule has 2 aliphatic rings. The van der Waals surface area contributed by atoms with Crippen LogP contribution in [0, 0.1) is 11.3 Å². The maximum atomic E-state index is 14.0. The Morgan fingerprint density at radius 1 is 1.08 bits per heavy atom. The fourth-order valence-electron chi connectivity index (χ4n) is 6.05. The van der Waals surface area contributed by atoms with Gasteiger partial charge in [0.15, 0.2) is 0 Å². The predicted molar refractivity (Wildman–Crippen MR) is 140 cm³/mol. The first-order valence-corrected chi connectivity index (χ1v) is 13.4. The largest absolute Gasteiger partial charge is 0.416 e. The van der Waals surface area contributed by atoms with Gasteiger partial charge in [0.05, 0.1) is 11.0 Å². The van der Waals surface area contributed by atoms with E-state index in [4.69, 9.17) is 0 Å². The number of carbonyl (C=O) groups excluding carboxylic acids is 1. The molecule has 37 heavy (non-hydrogen) atoms. The Morgan fingerprint density at radius 3 is 2.35 bits per heavy atom. The van der Waals surface area contributed by atoms with Gasteiger partial charge in [0.25, 0.3) is 0 Å². The van der Waals surface area contributed by atoms with E-state index in [9.17, 15) is 18.0 Å². The first-order chi connectivity index (χ1) is 17.5. The molecule has 0 spiro atoms. The summed E-state index contributed by atoms with van der Waals surface area (Å²) in [6.07, 6.45) is -0.505. The highest BCUT2D eigenvalue weighted by atomic mass is 19.4. The minimum Gasteiger partial charge on any atom is -0.353 e. The van der Waals surface area contributed by atoms with Gasteiger partial charge in [-0.1, -0.05) is 44.2 Å². The molecule has 2 aromatic rings. The van der Waals surface area contributed by atoms with Crippen molar-refractivity contribution in [3.63, 3.8) is 0 Å². The maximum absolute atomic E-state index is 14.0. The van der Waals surface area contributed by atoms with Gasteiger partial charge in [-0.15, -0.1) is 0 Å². The molecule has 0 bridgehead atoms. The molecule has 8 heteroatoms. The Hall–Kier alpha value is -2.61. The summed E-state index contributed by atoms with van der Waals surface area (Å²) in [5.41, 5.74) is 0.173. The molecule has 4 rings (SSSR count). The molecule has 202 valence electrons. The van der Waals surface area contributed by atoms with Crippen LogP contribution in [-0.4, -0.2) is 59.0 Å². The molecule has 1 aliphatic heterocycles. The van der Waals surface area contributed by atoms with Crippen LogP contribution in [0.5, 0.6) is 0 Å². The van der Waals surface area contributed by atoms with Crippen LogP contribution >= 0.6 is 0 Å². The van der Waals surface area contributed by atoms with Crippen molar-refractivity contribution in [3.05, 3.63) is 59.8 Å². The zero-order valence-corrected chi connectivity index (χ0v) is 22.3. The minimum atomic E-state index is -4.40. The van der Waals surface area contributed by atoms with Gasteiger partial charge in [0.2, 0.25) is 5.91 Å². The number of benzene rings is 1. The highest BCUT2D eigenvalue weighted by Crippen LogP contribution is 2.48. The van der Waals surface area contributed by atoms with E-state index in [1.165, 1.54) is 11.8 Å². The summed E-state index contributed by atoms with van der Waals surface area (Å²) in [7, 11) is 0. The maximum Gasteiger partial charge on any atom is 0.416 e. The van der Waals surface area contributed by atoms with Crippen LogP contribution in [0.1, 0.15) is 58.1 Å². The monoisotopic (exact) mass is 516 g/mol. The van der Waals surface area contributed by atoms with Crippen LogP contribution < -0.4 is 4.90 Å². The molecule has 1 saturated heterocycles. The lowest BCUT2D eigenvalue weighted by molar-refractivity contribution is -0.145. The number of alkyl halides is 3. The van der Waals surface area contributed by atoms with Crippen molar-refractivity contribution in [1.82, 2.24) is 14.8 Å². The smallest absolute Gasteiger partial charge is 0.353 e. The molecule has 1 amide bonds. The number of piperazine rings is 1. The van der Waals surface area contributed by atoms with Crippen LogP contribution in [0.2, 0.25) is 0 Å². The van der Waals surface area contributed by atoms with E-state index in [0.717, 1.165) is 37.9 Å². The van der Waals surface area contributed by atoms with Gasteiger partial charge >= 0.3 is 6.18 Å². The highest BCUT2D eigenvalue weighted by molar-refractivity contribution is 5.84. The first kappa shape index (κ1) is 27.4. The van der Waals surface area contributed by atoms with Crippen molar-refractivity contribution in [2.75, 3.05) is 31.1 Å². The van der Waals surface area contributed by atoms with E-state index >= 15 is 0 Å². The topological polar surface area (TPSA) is 39.7 Å². The van der Waals surface area contributed by atoms with Crippen molar-refractivity contribution < 1.29 is 18.0 Å². The van der Waals surface area contributed by atoms with Crippen LogP contribution in [0.25, 0.3) is 0 Å². The zero-order valence-electron chi connectivity index (χ0n) is 22.3. The van der Waals surface area contributed by atoms with Crippen molar-refractivity contribution in [3.8, 4) is 0 Å². The molecule has 1 saturated carbocycles. The second kappa shape index (κ2) is 11.0. The number of hydrogen-bond donors (Lipinski definition) is 0. The van der Waals surface area contributed by atoms with Crippen molar-refractivity contribution >= 4 is 11.7 Å². The lowest BCUT2D eigenvalue weighted by Gasteiger charge is -2.42. The highest BCUT2D eigenvalue weighted by Gasteiger charge is 2.50. The average molecular weight is 517 g/mol. The quantitative estimate of drug-likeness (QED) is 0.463. The van der Waals surface area contributed by atoms with Crippen molar-refractivity contribution in [2.24, 2.45) is 11.3 Å². The van der Waals surface area contributed by atoms with E-state index in [0.29, 0.717) is 44.1 Å². The predicted octanol–water partition coefficient (Wildman–Crippen LogP) is 5.85. The normalized spacial score (nSPS) is 22.9. The molecule has 1 aromatic carbocycles. The van der Waals surface area contributed by atoms with Gasteiger partial charge in [0, 0.05) is 51.0 Å². The van der Waals surface area contributed by atoms with Crippen LogP contribution in [0.3, 0.4) is 0 Å². The van der Waals surface area contributed by atoms with Gasteiger partial charge in [-0.2, -0.15) is 13.2 Å². The average Bonchev–Trinajstić information content (AvgIpc) is 3.33. The van der Waals surface area contributed by atoms with Gasteiger partial charge < -0.3 is 9.80 Å². The van der Waals surface area contributed by atoms with Gasteiger partial charge in [0.1, 0.15) is 5.82 Å². The molecule has 1 aliphatic carbocycles. The van der Waals surface area contributed by atoms with Gasteiger partial charge in [-0.3, -0.25) is 9.69 Å². The minimum absolute atomic E-state index is 0.199. The number of rotatable bonds is 7. The third-order valence-corrected chi connectivity index (χ3v) is 8.36. The first-order valence-electron chi connectivity index (χ1n) is 13.4. The molecule has 2 atom stereocenters. The van der Waals surface area contributed by atoms with E-state index in [-0.39, 0.29) is 11.8 Å². The lowest BCUT2D eigenvalue weighted by atomic mass is 9.74. The third-order valence-electron chi connectivity index (χ3n) is 8.36. The summed E-state index contributed by atoms with van der Waals surface area (Å²) < 4.78 is 39.5. The van der Waals surface area contributed by atoms with E-state index < -0.39 is 17.2 Å². The molecule has 1 aromatic heterocycles. The molecule has 0 radical (unpaired) electrons. The molecule has 2 fully saturated rings. The summed E-state index contributed by atoms with van der Waals surface area (Å²) in [5.74, 6) is 0.721. The Kier molecular flexibility index (Phi) is 8.17. The molecular weight excluding hydrogens is 477 g/mol. The standard InChI is InChI=1S/C29H39F3N4O/c1-21(2)28(12-10-25(19-28)36(22(3)4)20-23-8-6-5-7-9-23)27(37)35-16-14-34(15-17-35)26-18-24(11-13-33-26)29(30,31)32/h5-9,11,13,18,21-22,25H,10,12,14-17,19-20H2,1-4H3/t25-,28+/m1/s1. The molecule has 0 unspecified atom stereocenters. The fraction of sp³-hybridized carbons (Fsp3) is 0.586. The van der Waals surface area contributed by atoms with E-state index in [1.807, 2.05) is 15.9 Å². The molecule has 0 N–H and O–H groups in total. The number of halogens is 3. The lowest BCUT2D eigenvalue weighted by Crippen LogP contribution is -2.54. The fourth-order valence-corrected chi connectivity index (χ4v) is 6.05. The molecule has 2 heterocycles.